The van der Waals surface area contributed by atoms with Crippen LogP contribution in [0.1, 0.15) is 30.0 Å². The molecule has 0 aliphatic rings. The molecule has 0 radical (unpaired) electrons. The van der Waals surface area contributed by atoms with E-state index in [0.29, 0.717) is 12.3 Å². The van der Waals surface area contributed by atoms with Crippen LogP contribution >= 0.6 is 0 Å². The minimum Gasteiger partial charge on any atom is -0.462 e. The Kier molecular flexibility index (Phi) is 3.96. The Morgan fingerprint density at radius 3 is 2.47 bits per heavy atom. The van der Waals surface area contributed by atoms with Crippen molar-refractivity contribution in [3.05, 3.63) is 59.5 Å². The second-order valence-electron chi connectivity index (χ2n) is 4.04. The number of nitrogens with one attached hydrogen (secondary N) is 1. The molecule has 1 aromatic heterocycles. The monoisotopic (exact) mass is 231 g/mol. The number of hydrogen-bond acceptors (Lipinski definition) is 3. The summed E-state index contributed by atoms with van der Waals surface area (Å²) in [7, 11) is 0. The third-order valence-electron chi connectivity index (χ3n) is 2.76. The summed E-state index contributed by atoms with van der Waals surface area (Å²) in [6.45, 7) is 2.73. The fourth-order valence-corrected chi connectivity index (χ4v) is 1.72. The number of rotatable bonds is 5. The van der Waals surface area contributed by atoms with Gasteiger partial charge in [-0.25, -0.2) is 0 Å². The zero-order valence-corrected chi connectivity index (χ0v) is 9.89. The zero-order valence-electron chi connectivity index (χ0n) is 9.89. The number of furan rings is 1. The van der Waals surface area contributed by atoms with Gasteiger partial charge in [0, 0.05) is 6.04 Å². The van der Waals surface area contributed by atoms with Crippen molar-refractivity contribution in [1.29, 1.82) is 0 Å². The maximum atomic E-state index is 8.89. The second kappa shape index (κ2) is 5.66. The first kappa shape index (κ1) is 11.9. The van der Waals surface area contributed by atoms with Crippen molar-refractivity contribution in [3.63, 3.8) is 0 Å². The molecule has 0 fully saturated rings. The van der Waals surface area contributed by atoms with Crippen LogP contribution in [0, 0.1) is 0 Å². The minimum absolute atomic E-state index is 0.0474. The van der Waals surface area contributed by atoms with E-state index in [0.717, 1.165) is 5.76 Å². The van der Waals surface area contributed by atoms with Crippen molar-refractivity contribution in [1.82, 2.24) is 5.32 Å². The van der Waals surface area contributed by atoms with Crippen molar-refractivity contribution in [2.24, 2.45) is 0 Å². The average molecular weight is 231 g/mol. The first-order valence-electron chi connectivity index (χ1n) is 5.76. The summed E-state index contributed by atoms with van der Waals surface area (Å²) < 4.78 is 5.41. The van der Waals surface area contributed by atoms with Crippen LogP contribution in [-0.4, -0.2) is 5.11 Å². The summed E-state index contributed by atoms with van der Waals surface area (Å²) in [5, 5.41) is 12.3. The quantitative estimate of drug-likeness (QED) is 0.831. The fraction of sp³-hybridized carbons (Fsp3) is 0.286. The van der Waals surface area contributed by atoms with Crippen molar-refractivity contribution < 1.29 is 9.52 Å². The Morgan fingerprint density at radius 1 is 1.12 bits per heavy atom. The maximum absolute atomic E-state index is 8.89. The topological polar surface area (TPSA) is 45.4 Å². The van der Waals surface area contributed by atoms with Crippen LogP contribution < -0.4 is 5.32 Å². The molecule has 0 bridgehead atoms. The molecule has 0 saturated carbocycles. The normalized spacial score (nSPS) is 12.6. The lowest BCUT2D eigenvalue weighted by molar-refractivity contribution is 0.242. The van der Waals surface area contributed by atoms with Gasteiger partial charge in [-0.05, 0) is 24.6 Å². The molecule has 90 valence electrons. The lowest BCUT2D eigenvalue weighted by Crippen LogP contribution is -2.17. The summed E-state index contributed by atoms with van der Waals surface area (Å²) in [6.07, 6.45) is 0. The van der Waals surface area contributed by atoms with Crippen molar-refractivity contribution in [2.45, 2.75) is 26.1 Å². The van der Waals surface area contributed by atoms with E-state index in [2.05, 4.69) is 24.4 Å². The van der Waals surface area contributed by atoms with Gasteiger partial charge in [0.05, 0.1) is 6.54 Å². The standard InChI is InChI=1S/C14H17NO2/c1-11(12-5-3-2-4-6-12)15-9-13-7-8-14(10-16)17-13/h2-8,11,15-16H,9-10H2,1H3. The molecule has 17 heavy (non-hydrogen) atoms. The highest BCUT2D eigenvalue weighted by Crippen LogP contribution is 2.13. The summed E-state index contributed by atoms with van der Waals surface area (Å²) >= 11 is 0. The number of aliphatic hydroxyl groups is 1. The Bertz CT molecular complexity index is 450. The molecule has 3 heteroatoms. The molecular weight excluding hydrogens is 214 g/mol. The van der Waals surface area contributed by atoms with Crippen LogP contribution in [0.4, 0.5) is 0 Å². The molecule has 0 aliphatic carbocycles. The van der Waals surface area contributed by atoms with Crippen LogP contribution in [0.5, 0.6) is 0 Å². The van der Waals surface area contributed by atoms with Crippen molar-refractivity contribution >= 4 is 0 Å². The van der Waals surface area contributed by atoms with Crippen LogP contribution in [-0.2, 0) is 13.2 Å². The van der Waals surface area contributed by atoms with E-state index in [1.807, 2.05) is 24.3 Å². The molecule has 0 aliphatic heterocycles. The highest BCUT2D eigenvalue weighted by Gasteiger charge is 2.06. The summed E-state index contributed by atoms with van der Waals surface area (Å²) in [5.41, 5.74) is 1.25. The molecule has 2 N–H and O–H groups in total. The first-order valence-corrected chi connectivity index (χ1v) is 5.76. The molecule has 3 nitrogen and oxygen atoms in total. The summed E-state index contributed by atoms with van der Waals surface area (Å²) in [6, 6.07) is 14.2. The maximum Gasteiger partial charge on any atom is 0.129 e. The number of aliphatic hydroxyl groups excluding tert-OH is 1. The predicted molar refractivity (Wildman–Crippen MR) is 66.3 cm³/mol. The van der Waals surface area contributed by atoms with Gasteiger partial charge >= 0.3 is 0 Å². The third kappa shape index (κ3) is 3.19. The number of hydrogen-bond donors (Lipinski definition) is 2. The summed E-state index contributed by atoms with van der Waals surface area (Å²) in [4.78, 5) is 0. The second-order valence-corrected chi connectivity index (χ2v) is 4.04. The van der Waals surface area contributed by atoms with Gasteiger partial charge in [-0.1, -0.05) is 30.3 Å². The molecule has 2 rings (SSSR count). The van der Waals surface area contributed by atoms with Crippen molar-refractivity contribution in [2.75, 3.05) is 0 Å². The van der Waals surface area contributed by atoms with Crippen LogP contribution in [0.15, 0.2) is 46.9 Å². The predicted octanol–water partition coefficient (Wildman–Crippen LogP) is 2.62. The largest absolute Gasteiger partial charge is 0.462 e. The van der Waals surface area contributed by atoms with E-state index >= 15 is 0 Å². The average Bonchev–Trinajstić information content (AvgIpc) is 2.85. The van der Waals surface area contributed by atoms with Gasteiger partial charge in [-0.15, -0.1) is 0 Å². The van der Waals surface area contributed by atoms with Gasteiger partial charge in [0.25, 0.3) is 0 Å². The van der Waals surface area contributed by atoms with E-state index in [1.54, 1.807) is 6.07 Å². The fourth-order valence-electron chi connectivity index (χ4n) is 1.72. The smallest absolute Gasteiger partial charge is 0.129 e. The van der Waals surface area contributed by atoms with Crippen molar-refractivity contribution in [3.8, 4) is 0 Å². The van der Waals surface area contributed by atoms with E-state index in [9.17, 15) is 0 Å². The molecule has 0 spiro atoms. The van der Waals surface area contributed by atoms with Crippen LogP contribution in [0.25, 0.3) is 0 Å². The van der Waals surface area contributed by atoms with Crippen LogP contribution in [0.3, 0.4) is 0 Å². The highest BCUT2D eigenvalue weighted by atomic mass is 16.4. The Hall–Kier alpha value is -1.58. The molecule has 1 atom stereocenters. The molecular formula is C14H17NO2. The van der Waals surface area contributed by atoms with E-state index in [-0.39, 0.29) is 12.6 Å². The van der Waals surface area contributed by atoms with E-state index in [4.69, 9.17) is 9.52 Å². The van der Waals surface area contributed by atoms with Gasteiger partial charge in [0.1, 0.15) is 18.1 Å². The molecule has 2 aromatic rings. The Labute approximate surface area is 101 Å². The third-order valence-corrected chi connectivity index (χ3v) is 2.76. The lowest BCUT2D eigenvalue weighted by Gasteiger charge is -2.12. The first-order chi connectivity index (χ1) is 8.29. The Balaban J connectivity index is 1.90. The number of benzene rings is 1. The van der Waals surface area contributed by atoms with Gasteiger partial charge in [0.2, 0.25) is 0 Å². The SMILES string of the molecule is CC(NCc1ccc(CO)o1)c1ccccc1. The van der Waals surface area contributed by atoms with E-state index < -0.39 is 0 Å². The molecule has 0 amide bonds. The van der Waals surface area contributed by atoms with Gasteiger partial charge < -0.3 is 14.8 Å². The zero-order chi connectivity index (χ0) is 12.1. The van der Waals surface area contributed by atoms with Gasteiger partial charge in [0.15, 0.2) is 0 Å². The summed E-state index contributed by atoms with van der Waals surface area (Å²) in [5.74, 6) is 1.45. The minimum atomic E-state index is -0.0474. The molecule has 1 unspecified atom stereocenters. The lowest BCUT2D eigenvalue weighted by atomic mass is 10.1. The Morgan fingerprint density at radius 2 is 1.82 bits per heavy atom. The molecule has 1 heterocycles. The van der Waals surface area contributed by atoms with Gasteiger partial charge in [-0.3, -0.25) is 0 Å². The van der Waals surface area contributed by atoms with Crippen LogP contribution in [0.2, 0.25) is 0 Å². The highest BCUT2D eigenvalue weighted by molar-refractivity contribution is 5.18. The molecule has 0 saturated heterocycles. The van der Waals surface area contributed by atoms with E-state index in [1.165, 1.54) is 5.56 Å². The van der Waals surface area contributed by atoms with Gasteiger partial charge in [-0.2, -0.15) is 0 Å². The molecule has 1 aromatic carbocycles.